The maximum atomic E-state index is 15.1. The lowest BCUT2D eigenvalue weighted by Crippen LogP contribution is -2.57. The molecule has 7 rings (SSSR count). The number of halogens is 1. The van der Waals surface area contributed by atoms with Crippen molar-refractivity contribution < 1.29 is 18.7 Å². The van der Waals surface area contributed by atoms with Crippen LogP contribution in [0.25, 0.3) is 10.9 Å². The Kier molecular flexibility index (Phi) is 8.33. The second kappa shape index (κ2) is 12.5. The molecule has 2 N–H and O–H groups in total. The van der Waals surface area contributed by atoms with Gasteiger partial charge in [-0.2, -0.15) is 0 Å². The van der Waals surface area contributed by atoms with Crippen LogP contribution in [0.3, 0.4) is 0 Å². The number of para-hydroxylation sites is 1. The number of aromatic amines is 1. The number of fused-ring (bicyclic) bond motifs is 1. The van der Waals surface area contributed by atoms with Gasteiger partial charge in [0, 0.05) is 59.6 Å². The molecule has 0 bridgehead atoms. The van der Waals surface area contributed by atoms with Crippen LogP contribution in [0.15, 0.2) is 72.8 Å². The molecular formula is C39H45FN4O3. The van der Waals surface area contributed by atoms with Gasteiger partial charge in [0.25, 0.3) is 0 Å². The molecule has 0 radical (unpaired) electrons. The van der Waals surface area contributed by atoms with Crippen LogP contribution in [0.2, 0.25) is 0 Å². The minimum atomic E-state index is -1.06. The van der Waals surface area contributed by atoms with Crippen molar-refractivity contribution in [2.24, 2.45) is 11.3 Å². The number of carbonyl (C=O) groups excluding carboxylic acids is 2. The number of aromatic nitrogens is 1. The smallest absolute Gasteiger partial charge is 0.250 e. The maximum absolute atomic E-state index is 15.1. The minimum absolute atomic E-state index is 0.0544. The Morgan fingerprint density at radius 3 is 2.38 bits per heavy atom. The van der Waals surface area contributed by atoms with Gasteiger partial charge in [-0.25, -0.2) is 4.39 Å². The van der Waals surface area contributed by atoms with Crippen LogP contribution in [-0.2, 0) is 20.9 Å². The Morgan fingerprint density at radius 1 is 0.979 bits per heavy atom. The molecule has 2 amide bonds. The lowest BCUT2D eigenvalue weighted by Gasteiger charge is -2.40. The quantitative estimate of drug-likeness (QED) is 0.199. The van der Waals surface area contributed by atoms with Crippen LogP contribution < -0.4 is 10.2 Å². The average Bonchev–Trinajstić information content (AvgIpc) is 3.42. The number of hydrogen-bond acceptors (Lipinski definition) is 4. The third-order valence-corrected chi connectivity index (χ3v) is 11.2. The minimum Gasteiger partial charge on any atom is -0.378 e. The number of H-pyrrole nitrogens is 1. The first kappa shape index (κ1) is 31.4. The predicted octanol–water partition coefficient (Wildman–Crippen LogP) is 7.56. The number of carbonyl (C=O) groups is 2. The van der Waals surface area contributed by atoms with E-state index in [4.69, 9.17) is 4.74 Å². The third-order valence-electron chi connectivity index (χ3n) is 11.2. The molecule has 7 nitrogen and oxygen atoms in total. The monoisotopic (exact) mass is 636 g/mol. The fourth-order valence-corrected chi connectivity index (χ4v) is 8.37. The summed E-state index contributed by atoms with van der Waals surface area (Å²) in [6.45, 7) is 9.70. The molecule has 2 heterocycles. The van der Waals surface area contributed by atoms with Gasteiger partial charge in [0.05, 0.1) is 13.2 Å². The molecule has 1 aliphatic heterocycles. The van der Waals surface area contributed by atoms with Crippen molar-refractivity contribution in [3.05, 3.63) is 95.4 Å². The molecule has 3 aromatic carbocycles. The number of nitrogens with one attached hydrogen (secondary N) is 2. The predicted molar refractivity (Wildman–Crippen MR) is 184 cm³/mol. The maximum Gasteiger partial charge on any atom is 0.250 e. The van der Waals surface area contributed by atoms with Crippen molar-refractivity contribution in [3.8, 4) is 0 Å². The van der Waals surface area contributed by atoms with E-state index in [1.165, 1.54) is 17.0 Å². The van der Waals surface area contributed by atoms with Gasteiger partial charge in [0.15, 0.2) is 0 Å². The van der Waals surface area contributed by atoms with E-state index in [1.54, 1.807) is 23.1 Å². The summed E-state index contributed by atoms with van der Waals surface area (Å²) in [5.74, 6) is -0.345. The van der Waals surface area contributed by atoms with E-state index in [-0.39, 0.29) is 41.4 Å². The molecule has 0 spiro atoms. The van der Waals surface area contributed by atoms with Crippen molar-refractivity contribution in [2.75, 3.05) is 36.5 Å². The van der Waals surface area contributed by atoms with Crippen LogP contribution in [-0.4, -0.2) is 53.5 Å². The molecule has 3 aliphatic rings. The van der Waals surface area contributed by atoms with E-state index >= 15 is 4.39 Å². The lowest BCUT2D eigenvalue weighted by molar-refractivity contribution is -0.146. The van der Waals surface area contributed by atoms with E-state index in [9.17, 15) is 9.59 Å². The number of benzene rings is 3. The molecule has 2 atom stereocenters. The Balaban J connectivity index is 1.17. The molecule has 246 valence electrons. The number of hydrogen-bond donors (Lipinski definition) is 2. The van der Waals surface area contributed by atoms with Crippen LogP contribution in [0.1, 0.15) is 68.7 Å². The molecule has 47 heavy (non-hydrogen) atoms. The molecule has 1 aromatic heterocycles. The zero-order valence-corrected chi connectivity index (χ0v) is 27.7. The largest absolute Gasteiger partial charge is 0.378 e. The number of amides is 2. The summed E-state index contributed by atoms with van der Waals surface area (Å²) in [5.41, 5.74) is 4.56. The molecule has 2 saturated carbocycles. The summed E-state index contributed by atoms with van der Waals surface area (Å²) in [6, 6.07) is 22.8. The van der Waals surface area contributed by atoms with Crippen LogP contribution in [0.5, 0.6) is 0 Å². The van der Waals surface area contributed by atoms with Crippen LogP contribution >= 0.6 is 0 Å². The molecule has 1 saturated heterocycles. The first-order chi connectivity index (χ1) is 22.7. The molecular weight excluding hydrogens is 591 g/mol. The highest BCUT2D eigenvalue weighted by Gasteiger charge is 2.61. The van der Waals surface area contributed by atoms with Gasteiger partial charge >= 0.3 is 0 Å². The summed E-state index contributed by atoms with van der Waals surface area (Å²) in [7, 11) is 0. The van der Waals surface area contributed by atoms with E-state index in [0.29, 0.717) is 43.7 Å². The van der Waals surface area contributed by atoms with Crippen molar-refractivity contribution in [3.63, 3.8) is 0 Å². The number of anilines is 2. The molecule has 4 aromatic rings. The zero-order valence-electron chi connectivity index (χ0n) is 27.7. The highest BCUT2D eigenvalue weighted by Crippen LogP contribution is 2.67. The summed E-state index contributed by atoms with van der Waals surface area (Å²) < 4.78 is 20.6. The standard InChI is InChI=1S/C39H45FN4O3/c1-26-35(30-11-5-7-13-33(30)41-26)36-31(38(36,2)3)24-34(45)44(25-27-10-4-6-12-32(27)40)39(18-8-9-19-39)37(46)42-28-14-16-29(17-15-28)43-20-22-47-23-21-43/h4-7,10-17,31,36,41H,8-9,18-25H2,1-3H3,(H,42,46)/t31-,36-/m0/s1. The highest BCUT2D eigenvalue weighted by atomic mass is 19.1. The van der Waals surface area contributed by atoms with Crippen molar-refractivity contribution in [2.45, 2.75) is 70.9 Å². The van der Waals surface area contributed by atoms with Crippen molar-refractivity contribution in [1.29, 1.82) is 0 Å². The summed E-state index contributed by atoms with van der Waals surface area (Å²) in [5, 5.41) is 4.36. The van der Waals surface area contributed by atoms with Gasteiger partial charge in [-0.15, -0.1) is 0 Å². The van der Waals surface area contributed by atoms with E-state index in [1.807, 2.05) is 30.3 Å². The molecule has 3 fully saturated rings. The van der Waals surface area contributed by atoms with Crippen molar-refractivity contribution >= 4 is 34.1 Å². The first-order valence-electron chi connectivity index (χ1n) is 17.0. The molecule has 2 aliphatic carbocycles. The molecule has 8 heteroatoms. The SMILES string of the molecule is Cc1[nH]c2ccccc2c1[C@@H]1[C@H](CC(=O)N(Cc2ccccc2F)C2(C(=O)Nc3ccc(N4CCOCC4)cc3)CCCC2)C1(C)C. The Morgan fingerprint density at radius 2 is 1.66 bits per heavy atom. The number of aryl methyl sites for hydroxylation is 1. The fraction of sp³-hybridized carbons (Fsp3) is 0.436. The lowest BCUT2D eigenvalue weighted by atomic mass is 9.91. The van der Waals surface area contributed by atoms with Gasteiger partial charge < -0.3 is 24.8 Å². The first-order valence-corrected chi connectivity index (χ1v) is 17.0. The number of rotatable bonds is 9. The van der Waals surface area contributed by atoms with Gasteiger partial charge in [0.2, 0.25) is 11.8 Å². The third kappa shape index (κ3) is 5.81. The van der Waals surface area contributed by atoms with Gasteiger partial charge in [-0.1, -0.05) is 63.1 Å². The Bertz CT molecular complexity index is 1770. The molecule has 0 unspecified atom stereocenters. The number of morpholine rings is 1. The second-order valence-electron chi connectivity index (χ2n) is 14.2. The van der Waals surface area contributed by atoms with E-state index in [2.05, 4.69) is 54.2 Å². The topological polar surface area (TPSA) is 77.7 Å². The van der Waals surface area contributed by atoms with Gasteiger partial charge in [-0.3, -0.25) is 9.59 Å². The summed E-state index contributed by atoms with van der Waals surface area (Å²) in [4.78, 5) is 36.5. The van der Waals surface area contributed by atoms with E-state index in [0.717, 1.165) is 42.8 Å². The second-order valence-corrected chi connectivity index (χ2v) is 14.2. The van der Waals surface area contributed by atoms with Gasteiger partial charge in [-0.05, 0) is 79.0 Å². The van der Waals surface area contributed by atoms with E-state index < -0.39 is 5.54 Å². The summed E-state index contributed by atoms with van der Waals surface area (Å²) >= 11 is 0. The van der Waals surface area contributed by atoms with Crippen LogP contribution in [0.4, 0.5) is 15.8 Å². The van der Waals surface area contributed by atoms with Crippen LogP contribution in [0, 0.1) is 24.1 Å². The highest BCUT2D eigenvalue weighted by molar-refractivity contribution is 6.01. The van der Waals surface area contributed by atoms with Crippen molar-refractivity contribution in [1.82, 2.24) is 9.88 Å². The average molecular weight is 637 g/mol. The summed E-state index contributed by atoms with van der Waals surface area (Å²) in [6.07, 6.45) is 3.05. The number of nitrogens with zero attached hydrogens (tertiary/aromatic N) is 2. The fourth-order valence-electron chi connectivity index (χ4n) is 8.37. The Hall–Kier alpha value is -4.17. The normalized spacial score (nSPS) is 21.5. The zero-order chi connectivity index (χ0) is 32.8. The van der Waals surface area contributed by atoms with Gasteiger partial charge in [0.1, 0.15) is 11.4 Å². The number of ether oxygens (including phenoxy) is 1. The Labute approximate surface area is 276 Å².